The molecule has 1 aliphatic rings. The summed E-state index contributed by atoms with van der Waals surface area (Å²) in [7, 11) is -3.25. The second kappa shape index (κ2) is 5.69. The fourth-order valence-electron chi connectivity index (χ4n) is 1.88. The standard InChI is InChI=1S/C11H12Br2O5S/c12-7-1-6(3-14)2-8(13)11(7)18-10-5-19(16,17)4-9(10)15/h1-2,9-10,14-15H,3-5H2. The van der Waals surface area contributed by atoms with Gasteiger partial charge in [0.1, 0.15) is 18.0 Å². The Morgan fingerprint density at radius 3 is 2.26 bits per heavy atom. The minimum absolute atomic E-state index is 0.113. The first kappa shape index (κ1) is 15.2. The van der Waals surface area contributed by atoms with Gasteiger partial charge < -0.3 is 14.9 Å². The van der Waals surface area contributed by atoms with Gasteiger partial charge in [0.2, 0.25) is 0 Å². The van der Waals surface area contributed by atoms with Crippen molar-refractivity contribution in [3.05, 3.63) is 26.6 Å². The summed E-state index contributed by atoms with van der Waals surface area (Å²) in [4.78, 5) is 0. The molecule has 1 heterocycles. The highest BCUT2D eigenvalue weighted by molar-refractivity contribution is 9.11. The van der Waals surface area contributed by atoms with Crippen LogP contribution in [-0.2, 0) is 16.4 Å². The molecule has 0 bridgehead atoms. The number of aliphatic hydroxyl groups is 2. The molecule has 2 unspecified atom stereocenters. The molecule has 2 atom stereocenters. The van der Waals surface area contributed by atoms with Gasteiger partial charge in [-0.05, 0) is 49.6 Å². The van der Waals surface area contributed by atoms with Crippen molar-refractivity contribution in [2.45, 2.75) is 18.8 Å². The number of ether oxygens (including phenoxy) is 1. The van der Waals surface area contributed by atoms with Crippen LogP contribution in [0, 0.1) is 0 Å². The average molecular weight is 416 g/mol. The maximum absolute atomic E-state index is 11.4. The Kier molecular flexibility index (Phi) is 4.56. The molecule has 106 valence electrons. The summed E-state index contributed by atoms with van der Waals surface area (Å²) in [6.45, 7) is -0.113. The molecule has 2 N–H and O–H groups in total. The Hall–Kier alpha value is -0.150. The predicted molar refractivity (Wildman–Crippen MR) is 76.8 cm³/mol. The first-order valence-electron chi connectivity index (χ1n) is 5.46. The molecule has 1 fully saturated rings. The van der Waals surface area contributed by atoms with E-state index in [1.165, 1.54) is 0 Å². The van der Waals surface area contributed by atoms with Gasteiger partial charge in [-0.3, -0.25) is 0 Å². The van der Waals surface area contributed by atoms with E-state index < -0.39 is 22.0 Å². The van der Waals surface area contributed by atoms with Crippen molar-refractivity contribution in [3.63, 3.8) is 0 Å². The van der Waals surface area contributed by atoms with Gasteiger partial charge in [-0.2, -0.15) is 0 Å². The van der Waals surface area contributed by atoms with E-state index in [-0.39, 0.29) is 18.1 Å². The second-order valence-electron chi connectivity index (χ2n) is 4.35. The van der Waals surface area contributed by atoms with Crippen LogP contribution in [0.1, 0.15) is 5.56 Å². The second-order valence-corrected chi connectivity index (χ2v) is 8.21. The zero-order valence-electron chi connectivity index (χ0n) is 9.71. The van der Waals surface area contributed by atoms with Gasteiger partial charge in [0, 0.05) is 0 Å². The van der Waals surface area contributed by atoms with E-state index in [2.05, 4.69) is 31.9 Å². The molecule has 8 heteroatoms. The molecule has 1 saturated heterocycles. The fourth-order valence-corrected chi connectivity index (χ4v) is 5.01. The number of rotatable bonds is 3. The molecule has 1 aliphatic heterocycles. The lowest BCUT2D eigenvalue weighted by Crippen LogP contribution is -2.30. The highest BCUT2D eigenvalue weighted by atomic mass is 79.9. The number of hydrogen-bond donors (Lipinski definition) is 2. The predicted octanol–water partition coefficient (Wildman–Crippen LogP) is 1.24. The van der Waals surface area contributed by atoms with Gasteiger partial charge in [0.05, 0.1) is 27.1 Å². The van der Waals surface area contributed by atoms with E-state index in [0.717, 1.165) is 0 Å². The summed E-state index contributed by atoms with van der Waals surface area (Å²) in [6.07, 6.45) is -1.81. The fraction of sp³-hybridized carbons (Fsp3) is 0.455. The maximum Gasteiger partial charge on any atom is 0.156 e. The summed E-state index contributed by atoms with van der Waals surface area (Å²) in [5, 5.41) is 18.8. The first-order valence-corrected chi connectivity index (χ1v) is 8.87. The first-order chi connectivity index (χ1) is 8.82. The summed E-state index contributed by atoms with van der Waals surface area (Å²) in [5.41, 5.74) is 0.686. The maximum atomic E-state index is 11.4. The zero-order valence-corrected chi connectivity index (χ0v) is 13.7. The smallest absolute Gasteiger partial charge is 0.156 e. The molecular formula is C11H12Br2O5S. The van der Waals surface area contributed by atoms with Crippen LogP contribution in [0.3, 0.4) is 0 Å². The van der Waals surface area contributed by atoms with Gasteiger partial charge in [-0.25, -0.2) is 8.42 Å². The lowest BCUT2D eigenvalue weighted by atomic mass is 10.2. The van der Waals surface area contributed by atoms with Crippen LogP contribution in [0.5, 0.6) is 5.75 Å². The summed E-state index contributed by atoms with van der Waals surface area (Å²) in [5.74, 6) is -0.0606. The minimum Gasteiger partial charge on any atom is -0.484 e. The van der Waals surface area contributed by atoms with E-state index in [1.54, 1.807) is 12.1 Å². The topological polar surface area (TPSA) is 83.8 Å². The molecule has 1 aromatic carbocycles. The van der Waals surface area contributed by atoms with Crippen molar-refractivity contribution in [3.8, 4) is 5.75 Å². The van der Waals surface area contributed by atoms with Gasteiger partial charge in [-0.1, -0.05) is 0 Å². The van der Waals surface area contributed by atoms with Crippen LogP contribution in [0.2, 0.25) is 0 Å². The van der Waals surface area contributed by atoms with Gasteiger partial charge in [-0.15, -0.1) is 0 Å². The highest BCUT2D eigenvalue weighted by Crippen LogP contribution is 2.36. The van der Waals surface area contributed by atoms with Crippen LogP contribution < -0.4 is 4.74 Å². The van der Waals surface area contributed by atoms with E-state index in [9.17, 15) is 13.5 Å². The summed E-state index contributed by atoms with van der Waals surface area (Å²) < 4.78 is 29.6. The van der Waals surface area contributed by atoms with E-state index in [4.69, 9.17) is 9.84 Å². The quantitative estimate of drug-likeness (QED) is 0.775. The molecule has 0 aromatic heterocycles. The van der Waals surface area contributed by atoms with Crippen LogP contribution >= 0.6 is 31.9 Å². The highest BCUT2D eigenvalue weighted by Gasteiger charge is 2.38. The third-order valence-electron chi connectivity index (χ3n) is 2.78. The van der Waals surface area contributed by atoms with E-state index in [1.807, 2.05) is 0 Å². The van der Waals surface area contributed by atoms with E-state index in [0.29, 0.717) is 20.3 Å². The monoisotopic (exact) mass is 414 g/mol. The number of aliphatic hydroxyl groups excluding tert-OH is 2. The van der Waals surface area contributed by atoms with Gasteiger partial charge in [0.25, 0.3) is 0 Å². The zero-order chi connectivity index (χ0) is 14.2. The third-order valence-corrected chi connectivity index (χ3v) is 5.65. The van der Waals surface area contributed by atoms with Crippen LogP contribution in [0.15, 0.2) is 21.1 Å². The van der Waals surface area contributed by atoms with Crippen molar-refractivity contribution in [2.75, 3.05) is 11.5 Å². The Morgan fingerprint density at radius 2 is 1.84 bits per heavy atom. The summed E-state index contributed by atoms with van der Waals surface area (Å²) in [6, 6.07) is 3.35. The molecule has 1 aromatic rings. The van der Waals surface area contributed by atoms with Gasteiger partial charge >= 0.3 is 0 Å². The van der Waals surface area contributed by atoms with Crippen molar-refractivity contribution in [2.24, 2.45) is 0 Å². The lowest BCUT2D eigenvalue weighted by molar-refractivity contribution is 0.0727. The Labute approximate surface area is 127 Å². The van der Waals surface area contributed by atoms with Crippen LogP contribution in [-0.4, -0.2) is 42.3 Å². The number of benzene rings is 1. The average Bonchev–Trinajstić information content (AvgIpc) is 2.56. The molecule has 19 heavy (non-hydrogen) atoms. The number of sulfone groups is 1. The molecule has 2 rings (SSSR count). The largest absolute Gasteiger partial charge is 0.484 e. The molecular weight excluding hydrogens is 404 g/mol. The lowest BCUT2D eigenvalue weighted by Gasteiger charge is -2.18. The number of halogens is 2. The number of hydrogen-bond acceptors (Lipinski definition) is 5. The Balaban J connectivity index is 2.25. The van der Waals surface area contributed by atoms with E-state index >= 15 is 0 Å². The Morgan fingerprint density at radius 1 is 1.26 bits per heavy atom. The summed E-state index contributed by atoms with van der Waals surface area (Å²) >= 11 is 6.59. The van der Waals surface area contributed by atoms with Crippen molar-refractivity contribution in [1.29, 1.82) is 0 Å². The van der Waals surface area contributed by atoms with Crippen molar-refractivity contribution in [1.82, 2.24) is 0 Å². The molecule has 0 saturated carbocycles. The SMILES string of the molecule is O=S1(=O)CC(O)C(Oc2c(Br)cc(CO)cc2Br)C1. The van der Waals surface area contributed by atoms with Crippen LogP contribution in [0.25, 0.3) is 0 Å². The minimum atomic E-state index is -3.25. The molecule has 5 nitrogen and oxygen atoms in total. The van der Waals surface area contributed by atoms with Gasteiger partial charge in [0.15, 0.2) is 9.84 Å². The normalized spacial score (nSPS) is 25.5. The molecule has 0 aliphatic carbocycles. The molecule has 0 amide bonds. The third kappa shape index (κ3) is 3.49. The van der Waals surface area contributed by atoms with Crippen molar-refractivity contribution >= 4 is 41.7 Å². The molecule has 0 radical (unpaired) electrons. The van der Waals surface area contributed by atoms with Crippen LogP contribution in [0.4, 0.5) is 0 Å². The molecule has 0 spiro atoms. The Bertz CT molecular complexity index is 564. The van der Waals surface area contributed by atoms with Crippen molar-refractivity contribution < 1.29 is 23.4 Å².